The fourth-order valence-electron chi connectivity index (χ4n) is 4.29. The topological polar surface area (TPSA) is 84.2 Å². The van der Waals surface area contributed by atoms with Crippen molar-refractivity contribution < 1.29 is 9.90 Å². The van der Waals surface area contributed by atoms with Gasteiger partial charge in [0.2, 0.25) is 5.43 Å². The van der Waals surface area contributed by atoms with E-state index in [0.717, 1.165) is 51.4 Å². The third-order valence-corrected chi connectivity index (χ3v) is 5.78. The van der Waals surface area contributed by atoms with E-state index < -0.39 is 0 Å². The van der Waals surface area contributed by atoms with Gasteiger partial charge in [0.15, 0.2) is 0 Å². The highest BCUT2D eigenvalue weighted by Gasteiger charge is 2.25. The van der Waals surface area contributed by atoms with Gasteiger partial charge >= 0.3 is 0 Å². The molecule has 0 aromatic carbocycles. The molecule has 1 amide bonds. The third kappa shape index (κ3) is 3.26. The Morgan fingerprint density at radius 2 is 1.88 bits per heavy atom. The lowest BCUT2D eigenvalue weighted by atomic mass is 9.92. The summed E-state index contributed by atoms with van der Waals surface area (Å²) in [6.45, 7) is 0. The van der Waals surface area contributed by atoms with Crippen LogP contribution in [-0.4, -0.2) is 32.7 Å². The summed E-state index contributed by atoms with van der Waals surface area (Å²) in [4.78, 5) is 30.1. The van der Waals surface area contributed by atoms with E-state index in [-0.39, 0.29) is 35.1 Å². The summed E-state index contributed by atoms with van der Waals surface area (Å²) < 4.78 is 1.98. The van der Waals surface area contributed by atoms with Gasteiger partial charge in [-0.3, -0.25) is 9.59 Å². The van der Waals surface area contributed by atoms with Crippen molar-refractivity contribution in [3.63, 3.8) is 0 Å². The van der Waals surface area contributed by atoms with E-state index in [4.69, 9.17) is 0 Å². The number of aliphatic hydroxyl groups excluding tert-OH is 1. The summed E-state index contributed by atoms with van der Waals surface area (Å²) in [6, 6.07) is 3.79. The molecule has 2 fully saturated rings. The molecule has 0 spiro atoms. The van der Waals surface area contributed by atoms with Crippen LogP contribution >= 0.6 is 0 Å². The molecule has 2 aromatic rings. The summed E-state index contributed by atoms with van der Waals surface area (Å²) in [5.41, 5.74) is 0.565. The molecule has 0 bridgehead atoms. The maximum Gasteiger partial charge on any atom is 0.256 e. The molecule has 2 aliphatic rings. The Balaban J connectivity index is 1.74. The first kappa shape index (κ1) is 17.2. The van der Waals surface area contributed by atoms with Crippen molar-refractivity contribution in [2.45, 2.75) is 69.6 Å². The number of amides is 1. The van der Waals surface area contributed by atoms with Crippen molar-refractivity contribution in [1.29, 1.82) is 0 Å². The van der Waals surface area contributed by atoms with Crippen molar-refractivity contribution in [2.24, 2.45) is 0 Å². The number of nitrogens with one attached hydrogen (secondary N) is 1. The van der Waals surface area contributed by atoms with Crippen LogP contribution in [0.1, 0.15) is 67.8 Å². The normalized spacial score (nSPS) is 24.0. The second-order valence-electron chi connectivity index (χ2n) is 7.57. The number of hydrogen-bond donors (Lipinski definition) is 2. The van der Waals surface area contributed by atoms with E-state index in [1.807, 2.05) is 4.57 Å². The Bertz CT molecular complexity index is 862. The zero-order chi connectivity index (χ0) is 18.1. The van der Waals surface area contributed by atoms with Crippen molar-refractivity contribution in [3.8, 4) is 0 Å². The number of hydrogen-bond acceptors (Lipinski definition) is 4. The van der Waals surface area contributed by atoms with Gasteiger partial charge in [0.05, 0.1) is 11.5 Å². The molecule has 0 aliphatic heterocycles. The van der Waals surface area contributed by atoms with E-state index in [1.165, 1.54) is 0 Å². The van der Waals surface area contributed by atoms with E-state index in [1.54, 1.807) is 24.5 Å². The molecule has 0 unspecified atom stereocenters. The smallest absolute Gasteiger partial charge is 0.256 e. The Labute approximate surface area is 152 Å². The van der Waals surface area contributed by atoms with Gasteiger partial charge in [-0.1, -0.05) is 12.8 Å². The fraction of sp³-hybridized carbons (Fsp3) is 0.550. The lowest BCUT2D eigenvalue weighted by molar-refractivity contribution is 0.0933. The summed E-state index contributed by atoms with van der Waals surface area (Å²) in [5, 5.41) is 13.3. The molecule has 2 saturated carbocycles. The molecule has 2 aromatic heterocycles. The number of rotatable bonds is 3. The molecule has 4 rings (SSSR count). The molecule has 6 heteroatoms. The largest absolute Gasteiger partial charge is 0.393 e. The lowest BCUT2D eigenvalue weighted by Crippen LogP contribution is -2.36. The molecule has 0 radical (unpaired) electrons. The van der Waals surface area contributed by atoms with Gasteiger partial charge in [-0.05, 0) is 50.7 Å². The van der Waals surface area contributed by atoms with Crippen LogP contribution < -0.4 is 10.7 Å². The first-order valence-corrected chi connectivity index (χ1v) is 9.62. The van der Waals surface area contributed by atoms with Gasteiger partial charge < -0.3 is 15.0 Å². The zero-order valence-corrected chi connectivity index (χ0v) is 14.9. The molecule has 6 nitrogen and oxygen atoms in total. The molecular weight excluding hydrogens is 330 g/mol. The number of aliphatic hydroxyl groups is 1. The minimum absolute atomic E-state index is 0.148. The van der Waals surface area contributed by atoms with E-state index in [9.17, 15) is 14.7 Å². The first-order chi connectivity index (χ1) is 12.6. The van der Waals surface area contributed by atoms with Crippen LogP contribution in [0.2, 0.25) is 0 Å². The minimum Gasteiger partial charge on any atom is -0.393 e. The standard InChI is InChI=1S/C20H25N3O3/c24-15-9-7-14(8-10-15)23-12-17(20(26)22-13-4-1-2-5-13)18(25)16-6-3-11-21-19(16)23/h3,6,11-15,24H,1-2,4-5,7-10H2,(H,22,26)/t14-,15-. The molecule has 2 N–H and O–H groups in total. The highest BCUT2D eigenvalue weighted by Crippen LogP contribution is 2.30. The van der Waals surface area contributed by atoms with Gasteiger partial charge in [0, 0.05) is 24.5 Å². The van der Waals surface area contributed by atoms with Crippen LogP contribution in [0.15, 0.2) is 29.3 Å². The average Bonchev–Trinajstić information content (AvgIpc) is 3.16. The number of carbonyl (C=O) groups is 1. The molecular formula is C20H25N3O3. The van der Waals surface area contributed by atoms with Crippen molar-refractivity contribution >= 4 is 16.9 Å². The van der Waals surface area contributed by atoms with Crippen LogP contribution in [0, 0.1) is 0 Å². The van der Waals surface area contributed by atoms with Crippen molar-refractivity contribution in [2.75, 3.05) is 0 Å². The summed E-state index contributed by atoms with van der Waals surface area (Å²) >= 11 is 0. The zero-order valence-electron chi connectivity index (χ0n) is 14.9. The van der Waals surface area contributed by atoms with Crippen LogP contribution in [0.4, 0.5) is 0 Å². The van der Waals surface area contributed by atoms with Gasteiger partial charge in [0.1, 0.15) is 11.2 Å². The molecule has 2 heterocycles. The molecule has 26 heavy (non-hydrogen) atoms. The van der Waals surface area contributed by atoms with Gasteiger partial charge in [-0.25, -0.2) is 4.98 Å². The quantitative estimate of drug-likeness (QED) is 0.886. The number of nitrogens with zero attached hydrogens (tertiary/aromatic N) is 2. The highest BCUT2D eigenvalue weighted by atomic mass is 16.3. The monoisotopic (exact) mass is 355 g/mol. The average molecular weight is 355 g/mol. The Kier molecular flexibility index (Phi) is 4.76. The molecule has 138 valence electrons. The number of carbonyl (C=O) groups excluding carboxylic acids is 1. The number of pyridine rings is 2. The maximum absolute atomic E-state index is 12.9. The highest BCUT2D eigenvalue weighted by molar-refractivity contribution is 5.97. The van der Waals surface area contributed by atoms with Crippen LogP contribution in [0.25, 0.3) is 11.0 Å². The second kappa shape index (κ2) is 7.19. The predicted octanol–water partition coefficient (Wildman–Crippen LogP) is 2.54. The van der Waals surface area contributed by atoms with Crippen molar-refractivity contribution in [3.05, 3.63) is 40.3 Å². The summed E-state index contributed by atoms with van der Waals surface area (Å²) in [5.74, 6) is -0.280. The van der Waals surface area contributed by atoms with Gasteiger partial charge in [-0.15, -0.1) is 0 Å². The Morgan fingerprint density at radius 1 is 1.15 bits per heavy atom. The van der Waals surface area contributed by atoms with E-state index in [0.29, 0.717) is 11.0 Å². The molecule has 0 atom stereocenters. The predicted molar refractivity (Wildman–Crippen MR) is 99.2 cm³/mol. The molecule has 0 saturated heterocycles. The van der Waals surface area contributed by atoms with Gasteiger partial charge in [0.25, 0.3) is 5.91 Å². The van der Waals surface area contributed by atoms with Crippen LogP contribution in [0.5, 0.6) is 0 Å². The lowest BCUT2D eigenvalue weighted by Gasteiger charge is -2.28. The Morgan fingerprint density at radius 3 is 2.62 bits per heavy atom. The second-order valence-corrected chi connectivity index (χ2v) is 7.57. The van der Waals surface area contributed by atoms with Crippen molar-refractivity contribution in [1.82, 2.24) is 14.9 Å². The third-order valence-electron chi connectivity index (χ3n) is 5.78. The van der Waals surface area contributed by atoms with Crippen LogP contribution in [0.3, 0.4) is 0 Å². The van der Waals surface area contributed by atoms with Gasteiger partial charge in [-0.2, -0.15) is 0 Å². The minimum atomic E-state index is -0.280. The molecule has 2 aliphatic carbocycles. The van der Waals surface area contributed by atoms with E-state index in [2.05, 4.69) is 10.3 Å². The Hall–Kier alpha value is -2.21. The maximum atomic E-state index is 12.9. The number of fused-ring (bicyclic) bond motifs is 1. The first-order valence-electron chi connectivity index (χ1n) is 9.62. The SMILES string of the molecule is O=C(NC1CCCC1)c1cn([C@H]2CC[C@H](O)CC2)c2ncccc2c1=O. The van der Waals surface area contributed by atoms with Crippen LogP contribution in [-0.2, 0) is 0 Å². The number of aromatic nitrogens is 2. The summed E-state index contributed by atoms with van der Waals surface area (Å²) in [7, 11) is 0. The summed E-state index contributed by atoms with van der Waals surface area (Å²) in [6.07, 6.45) is 10.4. The van der Waals surface area contributed by atoms with E-state index >= 15 is 0 Å². The fourth-order valence-corrected chi connectivity index (χ4v) is 4.29.